The van der Waals surface area contributed by atoms with Gasteiger partial charge in [0.25, 0.3) is 5.56 Å². The van der Waals surface area contributed by atoms with Crippen molar-refractivity contribution in [1.82, 2.24) is 9.55 Å². The van der Waals surface area contributed by atoms with Crippen LogP contribution in [0.4, 0.5) is 5.69 Å². The second kappa shape index (κ2) is 5.48. The number of carbonyl (C=O) groups is 1. The minimum Gasteiger partial charge on any atom is -0.326 e. The van der Waals surface area contributed by atoms with Crippen LogP contribution in [0.25, 0.3) is 10.9 Å². The molecule has 1 aromatic heterocycles. The van der Waals surface area contributed by atoms with Crippen LogP contribution in [0.5, 0.6) is 0 Å². The van der Waals surface area contributed by atoms with Crippen LogP contribution in [-0.4, -0.2) is 15.5 Å². The molecule has 23 heavy (non-hydrogen) atoms. The number of rotatable bonds is 4. The average Bonchev–Trinajstić information content (AvgIpc) is 3.27. The first-order chi connectivity index (χ1) is 11.1. The van der Waals surface area contributed by atoms with E-state index in [1.165, 1.54) is 12.8 Å². The number of benzene rings is 1. The Bertz CT molecular complexity index is 836. The third-order valence-electron chi connectivity index (χ3n) is 5.03. The van der Waals surface area contributed by atoms with Gasteiger partial charge < -0.3 is 5.32 Å². The highest BCUT2D eigenvalue weighted by Crippen LogP contribution is 2.38. The number of aromatic nitrogens is 2. The van der Waals surface area contributed by atoms with Gasteiger partial charge in [-0.05, 0) is 49.3 Å². The van der Waals surface area contributed by atoms with E-state index in [4.69, 9.17) is 0 Å². The Morgan fingerprint density at radius 3 is 3.04 bits per heavy atom. The molecule has 1 fully saturated rings. The Morgan fingerprint density at radius 2 is 2.26 bits per heavy atom. The van der Waals surface area contributed by atoms with Crippen LogP contribution >= 0.6 is 0 Å². The highest BCUT2D eigenvalue weighted by molar-refractivity contribution is 5.93. The molecule has 2 aromatic rings. The molecule has 1 aliphatic heterocycles. The molecular weight excluding hydrogens is 290 g/mol. The third kappa shape index (κ3) is 2.76. The zero-order chi connectivity index (χ0) is 16.0. The molecule has 1 N–H and O–H groups in total. The van der Waals surface area contributed by atoms with Crippen molar-refractivity contribution in [2.45, 2.75) is 45.6 Å². The normalized spacial score (nSPS) is 18.0. The summed E-state index contributed by atoms with van der Waals surface area (Å²) < 4.78 is 1.75. The van der Waals surface area contributed by atoms with Crippen LogP contribution in [0.15, 0.2) is 23.0 Å². The molecule has 120 valence electrons. The SMILES string of the molecule is C[C@@H](CC(=O)Nc1ccc2nc3n(c(=O)c2c1)CCC3)C1CC1. The van der Waals surface area contributed by atoms with E-state index in [0.29, 0.717) is 34.8 Å². The zero-order valence-corrected chi connectivity index (χ0v) is 13.3. The lowest BCUT2D eigenvalue weighted by Crippen LogP contribution is -2.21. The third-order valence-corrected chi connectivity index (χ3v) is 5.03. The predicted molar refractivity (Wildman–Crippen MR) is 89.5 cm³/mol. The summed E-state index contributed by atoms with van der Waals surface area (Å²) in [5, 5.41) is 3.51. The standard InChI is InChI=1S/C18H21N3O2/c1-11(12-4-5-12)9-17(22)19-13-6-7-15-14(10-13)18(23)21-8-2-3-16(21)20-15/h6-7,10-12H,2-5,8-9H2,1H3,(H,19,22)/t11-/m0/s1. The smallest absolute Gasteiger partial charge is 0.261 e. The van der Waals surface area contributed by atoms with E-state index in [-0.39, 0.29) is 11.5 Å². The molecule has 0 radical (unpaired) electrons. The van der Waals surface area contributed by atoms with Crippen molar-refractivity contribution in [2.75, 3.05) is 5.32 Å². The number of anilines is 1. The first-order valence-corrected chi connectivity index (χ1v) is 8.45. The van der Waals surface area contributed by atoms with Crippen molar-refractivity contribution in [2.24, 2.45) is 11.8 Å². The predicted octanol–water partition coefficient (Wildman–Crippen LogP) is 2.72. The molecule has 0 bridgehead atoms. The van der Waals surface area contributed by atoms with E-state index in [9.17, 15) is 9.59 Å². The fourth-order valence-electron chi connectivity index (χ4n) is 3.50. The first kappa shape index (κ1) is 14.4. The summed E-state index contributed by atoms with van der Waals surface area (Å²) in [6, 6.07) is 5.42. The number of amides is 1. The summed E-state index contributed by atoms with van der Waals surface area (Å²) in [7, 11) is 0. The maximum Gasteiger partial charge on any atom is 0.261 e. The Balaban J connectivity index is 1.58. The number of aryl methyl sites for hydroxylation is 1. The lowest BCUT2D eigenvalue weighted by Gasteiger charge is -2.11. The molecule has 0 unspecified atom stereocenters. The maximum absolute atomic E-state index is 12.5. The maximum atomic E-state index is 12.5. The van der Waals surface area contributed by atoms with Crippen molar-refractivity contribution in [3.63, 3.8) is 0 Å². The second-order valence-corrected chi connectivity index (χ2v) is 6.89. The van der Waals surface area contributed by atoms with Gasteiger partial charge in [-0.25, -0.2) is 4.98 Å². The Labute approximate surface area is 134 Å². The zero-order valence-electron chi connectivity index (χ0n) is 13.3. The van der Waals surface area contributed by atoms with Gasteiger partial charge in [0.15, 0.2) is 0 Å². The van der Waals surface area contributed by atoms with Gasteiger partial charge >= 0.3 is 0 Å². The van der Waals surface area contributed by atoms with Crippen LogP contribution in [-0.2, 0) is 17.8 Å². The summed E-state index contributed by atoms with van der Waals surface area (Å²) in [5.74, 6) is 2.05. The summed E-state index contributed by atoms with van der Waals surface area (Å²) in [4.78, 5) is 29.3. The highest BCUT2D eigenvalue weighted by atomic mass is 16.1. The molecule has 0 spiro atoms. The van der Waals surface area contributed by atoms with Gasteiger partial charge in [-0.1, -0.05) is 6.92 Å². The Hall–Kier alpha value is -2.17. The molecule has 1 amide bonds. The van der Waals surface area contributed by atoms with Crippen molar-refractivity contribution in [1.29, 1.82) is 0 Å². The lowest BCUT2D eigenvalue weighted by molar-refractivity contribution is -0.117. The average molecular weight is 311 g/mol. The lowest BCUT2D eigenvalue weighted by atomic mass is 10.0. The second-order valence-electron chi connectivity index (χ2n) is 6.89. The van der Waals surface area contributed by atoms with Crippen LogP contribution in [0.2, 0.25) is 0 Å². The highest BCUT2D eigenvalue weighted by Gasteiger charge is 2.29. The van der Waals surface area contributed by atoms with Gasteiger partial charge in [-0.3, -0.25) is 14.2 Å². The molecule has 5 heteroatoms. The van der Waals surface area contributed by atoms with Crippen molar-refractivity contribution in [3.8, 4) is 0 Å². The number of nitrogens with zero attached hydrogens (tertiary/aromatic N) is 2. The van der Waals surface area contributed by atoms with E-state index in [1.54, 1.807) is 10.6 Å². The van der Waals surface area contributed by atoms with Crippen LogP contribution in [0.1, 0.15) is 38.4 Å². The van der Waals surface area contributed by atoms with Crippen LogP contribution in [0, 0.1) is 11.8 Å². The van der Waals surface area contributed by atoms with Gasteiger partial charge in [-0.2, -0.15) is 0 Å². The number of hydrogen-bond acceptors (Lipinski definition) is 3. The summed E-state index contributed by atoms with van der Waals surface area (Å²) >= 11 is 0. The van der Waals surface area contributed by atoms with E-state index in [2.05, 4.69) is 17.2 Å². The quantitative estimate of drug-likeness (QED) is 0.944. The molecule has 5 nitrogen and oxygen atoms in total. The minimum atomic E-state index is 0.00458. The van der Waals surface area contributed by atoms with Gasteiger partial charge in [-0.15, -0.1) is 0 Å². The Morgan fingerprint density at radius 1 is 1.43 bits per heavy atom. The van der Waals surface area contributed by atoms with Gasteiger partial charge in [0.05, 0.1) is 10.9 Å². The number of carbonyl (C=O) groups excluding carboxylic acids is 1. The topological polar surface area (TPSA) is 64.0 Å². The van der Waals surface area contributed by atoms with E-state index < -0.39 is 0 Å². The largest absolute Gasteiger partial charge is 0.326 e. The van der Waals surface area contributed by atoms with Gasteiger partial charge in [0.1, 0.15) is 5.82 Å². The van der Waals surface area contributed by atoms with E-state index in [1.807, 2.05) is 12.1 Å². The van der Waals surface area contributed by atoms with E-state index >= 15 is 0 Å². The molecule has 2 heterocycles. The van der Waals surface area contributed by atoms with Crippen molar-refractivity contribution >= 4 is 22.5 Å². The summed E-state index contributed by atoms with van der Waals surface area (Å²) in [5.41, 5.74) is 1.40. The molecule has 1 saturated carbocycles. The Kier molecular flexibility index (Phi) is 3.43. The molecule has 2 aliphatic rings. The first-order valence-electron chi connectivity index (χ1n) is 8.45. The molecule has 0 saturated heterocycles. The van der Waals surface area contributed by atoms with Crippen LogP contribution < -0.4 is 10.9 Å². The van der Waals surface area contributed by atoms with Crippen LogP contribution in [0.3, 0.4) is 0 Å². The van der Waals surface area contributed by atoms with Gasteiger partial charge in [0.2, 0.25) is 5.91 Å². The summed E-state index contributed by atoms with van der Waals surface area (Å²) in [6.45, 7) is 2.88. The minimum absolute atomic E-state index is 0.00458. The molecule has 1 aliphatic carbocycles. The van der Waals surface area contributed by atoms with Crippen molar-refractivity contribution < 1.29 is 4.79 Å². The fourth-order valence-corrected chi connectivity index (χ4v) is 3.50. The fraction of sp³-hybridized carbons (Fsp3) is 0.500. The molecule has 1 atom stereocenters. The number of nitrogens with one attached hydrogen (secondary N) is 1. The summed E-state index contributed by atoms with van der Waals surface area (Å²) in [6.07, 6.45) is 4.88. The monoisotopic (exact) mass is 311 g/mol. The molecule has 4 rings (SSSR count). The molecule has 1 aromatic carbocycles. The number of hydrogen-bond donors (Lipinski definition) is 1. The van der Waals surface area contributed by atoms with Crippen molar-refractivity contribution in [3.05, 3.63) is 34.4 Å². The molecular formula is C18H21N3O2. The number of fused-ring (bicyclic) bond motifs is 2. The van der Waals surface area contributed by atoms with Gasteiger partial charge in [0, 0.05) is 25.1 Å². The van der Waals surface area contributed by atoms with E-state index in [0.717, 1.165) is 25.2 Å².